The standard InChI is InChI=1S/C33H49NO5S/c1-38-30-20-18-28(19-21-30)27-40(36,37)34-26-29(32-25-31(39-2)22-23-33(32)34)17-15-13-11-9-7-5-3-4-6-8-10-12-14-16-24-35/h18-23,25-26,35H,3-17,24,27H2,1-2H3. The first-order valence-corrected chi connectivity index (χ1v) is 16.7. The van der Waals surface area contributed by atoms with Gasteiger partial charge in [0.25, 0.3) is 0 Å². The predicted molar refractivity (Wildman–Crippen MR) is 165 cm³/mol. The Balaban J connectivity index is 1.45. The highest BCUT2D eigenvalue weighted by Gasteiger charge is 2.20. The van der Waals surface area contributed by atoms with Crippen molar-refractivity contribution in [3.63, 3.8) is 0 Å². The second-order valence-electron chi connectivity index (χ2n) is 10.9. The lowest BCUT2D eigenvalue weighted by Gasteiger charge is -2.09. The molecule has 1 N–H and O–H groups in total. The number of methoxy groups -OCH3 is 2. The van der Waals surface area contributed by atoms with Crippen molar-refractivity contribution in [2.75, 3.05) is 20.8 Å². The highest BCUT2D eigenvalue weighted by atomic mass is 32.2. The number of nitrogens with zero attached hydrogens (tertiary/aromatic N) is 1. The average molecular weight is 572 g/mol. The van der Waals surface area contributed by atoms with Crippen LogP contribution in [0.1, 0.15) is 101 Å². The van der Waals surface area contributed by atoms with Crippen molar-refractivity contribution in [3.8, 4) is 11.5 Å². The summed E-state index contributed by atoms with van der Waals surface area (Å²) in [7, 11) is -0.356. The van der Waals surface area contributed by atoms with Gasteiger partial charge in [0, 0.05) is 18.2 Å². The maximum atomic E-state index is 13.4. The van der Waals surface area contributed by atoms with E-state index in [9.17, 15) is 8.42 Å². The van der Waals surface area contributed by atoms with Crippen LogP contribution < -0.4 is 9.47 Å². The number of aliphatic hydroxyl groups is 1. The fourth-order valence-electron chi connectivity index (χ4n) is 5.35. The minimum absolute atomic E-state index is 0.0725. The zero-order chi connectivity index (χ0) is 28.6. The Morgan fingerprint density at radius 3 is 1.70 bits per heavy atom. The second-order valence-corrected chi connectivity index (χ2v) is 12.7. The van der Waals surface area contributed by atoms with Gasteiger partial charge in [-0.15, -0.1) is 0 Å². The van der Waals surface area contributed by atoms with Crippen LogP contribution in [0.25, 0.3) is 10.9 Å². The Morgan fingerprint density at radius 1 is 0.675 bits per heavy atom. The molecule has 1 aromatic heterocycles. The molecule has 0 amide bonds. The Hall–Kier alpha value is -2.51. The van der Waals surface area contributed by atoms with Gasteiger partial charge in [-0.05, 0) is 60.7 Å². The molecule has 0 bridgehead atoms. The van der Waals surface area contributed by atoms with Crippen LogP contribution in [0, 0.1) is 0 Å². The summed E-state index contributed by atoms with van der Waals surface area (Å²) in [6.45, 7) is 0.329. The highest BCUT2D eigenvalue weighted by molar-refractivity contribution is 7.89. The van der Waals surface area contributed by atoms with Gasteiger partial charge in [0.15, 0.2) is 0 Å². The van der Waals surface area contributed by atoms with Crippen molar-refractivity contribution in [2.24, 2.45) is 0 Å². The number of aliphatic hydroxyl groups excluding tert-OH is 1. The molecule has 0 atom stereocenters. The molecule has 7 heteroatoms. The van der Waals surface area contributed by atoms with Crippen LogP contribution in [-0.4, -0.2) is 38.3 Å². The van der Waals surface area contributed by atoms with Crippen molar-refractivity contribution in [1.29, 1.82) is 0 Å². The number of ether oxygens (including phenoxy) is 2. The fraction of sp³-hybridized carbons (Fsp3) is 0.576. The van der Waals surface area contributed by atoms with E-state index in [-0.39, 0.29) is 5.75 Å². The molecule has 1 heterocycles. The van der Waals surface area contributed by atoms with Gasteiger partial charge in [-0.1, -0.05) is 89.2 Å². The number of hydrogen-bond acceptors (Lipinski definition) is 5. The van der Waals surface area contributed by atoms with E-state index in [1.807, 2.05) is 24.4 Å². The molecule has 0 fully saturated rings. The van der Waals surface area contributed by atoms with Gasteiger partial charge >= 0.3 is 0 Å². The quantitative estimate of drug-likeness (QED) is 0.131. The third-order valence-corrected chi connectivity index (χ3v) is 9.32. The third kappa shape index (κ3) is 10.2. The average Bonchev–Trinajstić information content (AvgIpc) is 3.34. The largest absolute Gasteiger partial charge is 0.497 e. The second kappa shape index (κ2) is 17.3. The molecule has 0 aliphatic heterocycles. The van der Waals surface area contributed by atoms with Gasteiger partial charge in [-0.2, -0.15) is 0 Å². The van der Waals surface area contributed by atoms with E-state index in [1.165, 1.54) is 68.2 Å². The molecule has 3 rings (SSSR count). The lowest BCUT2D eigenvalue weighted by Crippen LogP contribution is -2.14. The van der Waals surface area contributed by atoms with Gasteiger partial charge in [-0.3, -0.25) is 0 Å². The smallest absolute Gasteiger partial charge is 0.243 e. The predicted octanol–water partition coefficient (Wildman–Crippen LogP) is 8.03. The summed E-state index contributed by atoms with van der Waals surface area (Å²) in [6, 6.07) is 12.8. The van der Waals surface area contributed by atoms with Crippen molar-refractivity contribution in [1.82, 2.24) is 3.97 Å². The molecule has 0 saturated heterocycles. The molecule has 0 radical (unpaired) electrons. The topological polar surface area (TPSA) is 77.8 Å². The molecule has 0 aliphatic rings. The molecule has 0 unspecified atom stereocenters. The number of hydrogen-bond donors (Lipinski definition) is 1. The number of unbranched alkanes of at least 4 members (excludes halogenated alkanes) is 13. The molecular formula is C33H49NO5S. The molecule has 0 aliphatic carbocycles. The zero-order valence-electron chi connectivity index (χ0n) is 24.6. The van der Waals surface area contributed by atoms with Gasteiger partial charge in [0.05, 0.1) is 25.5 Å². The van der Waals surface area contributed by atoms with Crippen molar-refractivity contribution in [2.45, 2.75) is 102 Å². The van der Waals surface area contributed by atoms with Crippen LogP contribution in [0.4, 0.5) is 0 Å². The number of benzene rings is 2. The molecule has 2 aromatic carbocycles. The summed E-state index contributed by atoms with van der Waals surface area (Å²) in [5.41, 5.74) is 2.49. The lowest BCUT2D eigenvalue weighted by molar-refractivity contribution is 0.282. The van der Waals surface area contributed by atoms with Crippen molar-refractivity contribution >= 4 is 20.9 Å². The van der Waals surface area contributed by atoms with Gasteiger partial charge in [0.2, 0.25) is 10.0 Å². The van der Waals surface area contributed by atoms with E-state index in [0.29, 0.717) is 17.9 Å². The molecule has 0 saturated carbocycles. The number of aryl methyl sites for hydroxylation is 1. The Morgan fingerprint density at radius 2 is 1.18 bits per heavy atom. The van der Waals surface area contributed by atoms with E-state index in [0.717, 1.165) is 54.4 Å². The monoisotopic (exact) mass is 571 g/mol. The SMILES string of the molecule is COc1ccc(CS(=O)(=O)n2cc(CCCCCCCCCCCCCCCCO)c3cc(OC)ccc32)cc1. The van der Waals surface area contributed by atoms with Crippen LogP contribution in [-0.2, 0) is 22.2 Å². The molecule has 0 spiro atoms. The maximum Gasteiger partial charge on any atom is 0.243 e. The molecule has 222 valence electrons. The van der Waals surface area contributed by atoms with E-state index in [1.54, 1.807) is 38.5 Å². The van der Waals surface area contributed by atoms with E-state index >= 15 is 0 Å². The third-order valence-electron chi connectivity index (χ3n) is 7.72. The van der Waals surface area contributed by atoms with Crippen molar-refractivity contribution < 1.29 is 23.0 Å². The zero-order valence-corrected chi connectivity index (χ0v) is 25.4. The minimum atomic E-state index is -3.59. The minimum Gasteiger partial charge on any atom is -0.497 e. The molecule has 40 heavy (non-hydrogen) atoms. The summed E-state index contributed by atoms with van der Waals surface area (Å²) in [5, 5.41) is 9.77. The summed E-state index contributed by atoms with van der Waals surface area (Å²) < 4.78 is 39.0. The summed E-state index contributed by atoms with van der Waals surface area (Å²) >= 11 is 0. The van der Waals surface area contributed by atoms with Crippen LogP contribution in [0.5, 0.6) is 11.5 Å². The Labute approximate surface area is 241 Å². The van der Waals surface area contributed by atoms with E-state index in [2.05, 4.69) is 0 Å². The Kier molecular flexibility index (Phi) is 13.9. The normalized spacial score (nSPS) is 11.8. The van der Waals surface area contributed by atoms with Gasteiger partial charge < -0.3 is 14.6 Å². The summed E-state index contributed by atoms with van der Waals surface area (Å²) in [6.07, 6.45) is 20.0. The van der Waals surface area contributed by atoms with Gasteiger partial charge in [-0.25, -0.2) is 12.4 Å². The summed E-state index contributed by atoms with van der Waals surface area (Å²) in [5.74, 6) is 1.37. The van der Waals surface area contributed by atoms with E-state index < -0.39 is 10.0 Å². The number of aromatic nitrogens is 1. The van der Waals surface area contributed by atoms with E-state index in [4.69, 9.17) is 14.6 Å². The van der Waals surface area contributed by atoms with Crippen LogP contribution >= 0.6 is 0 Å². The summed E-state index contributed by atoms with van der Waals surface area (Å²) in [4.78, 5) is 0. The number of fused-ring (bicyclic) bond motifs is 1. The van der Waals surface area contributed by atoms with Gasteiger partial charge in [0.1, 0.15) is 11.5 Å². The van der Waals surface area contributed by atoms with Crippen LogP contribution in [0.15, 0.2) is 48.7 Å². The Bertz CT molecular complexity index is 1230. The molecule has 3 aromatic rings. The molecular weight excluding hydrogens is 522 g/mol. The lowest BCUT2D eigenvalue weighted by atomic mass is 10.0. The molecule has 6 nitrogen and oxygen atoms in total. The van der Waals surface area contributed by atoms with Crippen LogP contribution in [0.3, 0.4) is 0 Å². The number of rotatable bonds is 21. The first-order valence-electron chi connectivity index (χ1n) is 15.1. The maximum absolute atomic E-state index is 13.4. The first kappa shape index (κ1) is 32.0. The first-order chi connectivity index (χ1) is 19.5. The fourth-order valence-corrected chi connectivity index (χ4v) is 6.85. The van der Waals surface area contributed by atoms with Crippen LogP contribution in [0.2, 0.25) is 0 Å². The highest BCUT2D eigenvalue weighted by Crippen LogP contribution is 2.30. The van der Waals surface area contributed by atoms with Crippen molar-refractivity contribution in [3.05, 3.63) is 59.8 Å².